The summed E-state index contributed by atoms with van der Waals surface area (Å²) in [4.78, 5) is 34.7. The highest BCUT2D eigenvalue weighted by atomic mass is 16.6. The lowest BCUT2D eigenvalue weighted by molar-refractivity contribution is -0.132. The van der Waals surface area contributed by atoms with Crippen LogP contribution in [-0.2, 0) is 14.4 Å². The van der Waals surface area contributed by atoms with Crippen molar-refractivity contribution in [1.29, 1.82) is 0 Å². The number of hydrogen-bond donors (Lipinski definition) is 2. The Morgan fingerprint density at radius 1 is 1.29 bits per heavy atom. The van der Waals surface area contributed by atoms with Crippen molar-refractivity contribution in [3.05, 3.63) is 17.7 Å². The van der Waals surface area contributed by atoms with Gasteiger partial charge in [0.15, 0.2) is 11.5 Å². The van der Waals surface area contributed by atoms with Crippen LogP contribution < -0.4 is 25.1 Å². The molecule has 150 valence electrons. The van der Waals surface area contributed by atoms with E-state index in [2.05, 4.69) is 21.1 Å². The number of amides is 2. The number of esters is 1. The van der Waals surface area contributed by atoms with Crippen molar-refractivity contribution in [3.63, 3.8) is 0 Å². The minimum atomic E-state index is -0.512. The van der Waals surface area contributed by atoms with Crippen molar-refractivity contribution in [1.82, 2.24) is 10.9 Å². The number of carbonyl (C=O) groups is 3. The fourth-order valence-electron chi connectivity index (χ4n) is 2.56. The summed E-state index contributed by atoms with van der Waals surface area (Å²) in [5.41, 5.74) is 6.00. The van der Waals surface area contributed by atoms with Gasteiger partial charge >= 0.3 is 5.97 Å². The minimum Gasteiger partial charge on any atom is -0.493 e. The predicted molar refractivity (Wildman–Crippen MR) is 101 cm³/mol. The van der Waals surface area contributed by atoms with E-state index < -0.39 is 11.9 Å². The summed E-state index contributed by atoms with van der Waals surface area (Å²) in [6.07, 6.45) is 1.87. The molecule has 0 bridgehead atoms. The Hall–Kier alpha value is -3.43. The molecule has 0 saturated carbocycles. The number of methoxy groups -OCH3 is 2. The van der Waals surface area contributed by atoms with Crippen LogP contribution in [0.25, 0.3) is 0 Å². The minimum absolute atomic E-state index is 0.125. The average molecular weight is 390 g/mol. The number of benzene rings is 1. The first-order valence-electron chi connectivity index (χ1n) is 8.46. The van der Waals surface area contributed by atoms with Gasteiger partial charge in [0, 0.05) is 24.6 Å². The molecule has 1 heterocycles. The summed E-state index contributed by atoms with van der Waals surface area (Å²) in [6, 6.07) is 3.16. The maximum absolute atomic E-state index is 11.9. The molecule has 1 aliphatic heterocycles. The van der Waals surface area contributed by atoms with Gasteiger partial charge in [0.25, 0.3) is 0 Å². The van der Waals surface area contributed by atoms with Crippen LogP contribution in [0.15, 0.2) is 22.3 Å². The summed E-state index contributed by atoms with van der Waals surface area (Å²) >= 11 is 0. The van der Waals surface area contributed by atoms with Gasteiger partial charge in [0.2, 0.25) is 17.6 Å². The molecule has 0 fully saturated rings. The molecule has 0 saturated heterocycles. The number of carbonyl (C=O) groups excluding carboxylic acids is 3. The molecular weight excluding hydrogens is 368 g/mol. The van der Waals surface area contributed by atoms with Crippen molar-refractivity contribution >= 4 is 29.7 Å². The van der Waals surface area contributed by atoms with E-state index in [4.69, 9.17) is 14.2 Å². The van der Waals surface area contributed by atoms with E-state index in [1.165, 1.54) is 27.4 Å². The topological polar surface area (TPSA) is 128 Å². The highest BCUT2D eigenvalue weighted by molar-refractivity contribution is 6.07. The Bertz CT molecular complexity index is 808. The van der Waals surface area contributed by atoms with Gasteiger partial charge in [0.1, 0.15) is 0 Å². The van der Waals surface area contributed by atoms with Gasteiger partial charge in [0.05, 0.1) is 26.4 Å². The molecule has 10 heteroatoms. The van der Waals surface area contributed by atoms with E-state index in [0.717, 1.165) is 0 Å². The molecule has 2 amide bonds. The zero-order valence-electron chi connectivity index (χ0n) is 16.1. The van der Waals surface area contributed by atoms with Crippen molar-refractivity contribution in [2.24, 2.45) is 16.1 Å². The van der Waals surface area contributed by atoms with Gasteiger partial charge in [-0.2, -0.15) is 10.2 Å². The van der Waals surface area contributed by atoms with Crippen molar-refractivity contribution in [3.8, 4) is 17.2 Å². The first-order valence-corrected chi connectivity index (χ1v) is 8.46. The first-order chi connectivity index (χ1) is 13.3. The van der Waals surface area contributed by atoms with Crippen LogP contribution >= 0.6 is 0 Å². The second-order valence-electron chi connectivity index (χ2n) is 5.96. The van der Waals surface area contributed by atoms with Crippen LogP contribution in [-0.4, -0.2) is 43.9 Å². The summed E-state index contributed by atoms with van der Waals surface area (Å²) in [6.45, 7) is 3.01. The lowest BCUT2D eigenvalue weighted by Gasteiger charge is -2.13. The average Bonchev–Trinajstić information content (AvgIpc) is 2.98. The number of hydrogen-bond acceptors (Lipinski definition) is 8. The molecule has 28 heavy (non-hydrogen) atoms. The first kappa shape index (κ1) is 20.9. The van der Waals surface area contributed by atoms with E-state index in [1.807, 2.05) is 0 Å². The Labute approximate surface area is 161 Å². The zero-order valence-corrected chi connectivity index (χ0v) is 16.1. The Morgan fingerprint density at radius 2 is 1.93 bits per heavy atom. The molecule has 0 aliphatic carbocycles. The molecule has 1 aliphatic rings. The Morgan fingerprint density at radius 3 is 2.43 bits per heavy atom. The normalized spacial score (nSPS) is 15.8. The number of rotatable bonds is 8. The second-order valence-corrected chi connectivity index (χ2v) is 5.96. The van der Waals surface area contributed by atoms with Crippen LogP contribution in [0, 0.1) is 5.92 Å². The SMILES string of the molecule is COc1cc(/C=N\NC(=O)CC[C@H]2C(=O)NN=C2C)cc(OC)c1OC(C)=O. The Balaban J connectivity index is 1.99. The molecule has 0 unspecified atom stereocenters. The van der Waals surface area contributed by atoms with Gasteiger partial charge in [-0.25, -0.2) is 10.9 Å². The molecule has 1 aromatic carbocycles. The molecule has 1 atom stereocenters. The second kappa shape index (κ2) is 9.49. The molecule has 2 N–H and O–H groups in total. The van der Waals surface area contributed by atoms with Gasteiger partial charge in [-0.15, -0.1) is 0 Å². The molecule has 0 aromatic heterocycles. The number of hydrazone groups is 2. The summed E-state index contributed by atoms with van der Waals surface area (Å²) < 4.78 is 15.5. The molecule has 2 rings (SSSR count). The maximum Gasteiger partial charge on any atom is 0.308 e. The zero-order chi connectivity index (χ0) is 20.7. The van der Waals surface area contributed by atoms with Crippen LogP contribution in [0.1, 0.15) is 32.3 Å². The molecular formula is C18H22N4O6. The van der Waals surface area contributed by atoms with Crippen molar-refractivity contribution < 1.29 is 28.6 Å². The van der Waals surface area contributed by atoms with Crippen molar-refractivity contribution in [2.75, 3.05) is 14.2 Å². The van der Waals surface area contributed by atoms with Gasteiger partial charge < -0.3 is 14.2 Å². The lowest BCUT2D eigenvalue weighted by atomic mass is 9.99. The van der Waals surface area contributed by atoms with Crippen molar-refractivity contribution in [2.45, 2.75) is 26.7 Å². The summed E-state index contributed by atoms with van der Waals surface area (Å²) in [7, 11) is 2.85. The number of nitrogens with zero attached hydrogens (tertiary/aromatic N) is 2. The summed E-state index contributed by atoms with van der Waals surface area (Å²) in [5, 5.41) is 7.73. The quantitative estimate of drug-likeness (QED) is 0.295. The van der Waals surface area contributed by atoms with Crippen LogP contribution in [0.3, 0.4) is 0 Å². The van der Waals surface area contributed by atoms with Gasteiger partial charge in [-0.3, -0.25) is 14.4 Å². The van der Waals surface area contributed by atoms with E-state index in [1.54, 1.807) is 19.1 Å². The molecule has 0 spiro atoms. The number of nitrogens with one attached hydrogen (secondary N) is 2. The predicted octanol–water partition coefficient (Wildman–Crippen LogP) is 0.981. The molecule has 0 radical (unpaired) electrons. The lowest BCUT2D eigenvalue weighted by Crippen LogP contribution is -2.25. The van der Waals surface area contributed by atoms with Crippen LogP contribution in [0.4, 0.5) is 0 Å². The fraction of sp³-hybridized carbons (Fsp3) is 0.389. The Kier molecular flexibility index (Phi) is 7.08. The maximum atomic E-state index is 11.9. The smallest absolute Gasteiger partial charge is 0.308 e. The highest BCUT2D eigenvalue weighted by Gasteiger charge is 2.27. The third-order valence-electron chi connectivity index (χ3n) is 3.95. The van der Waals surface area contributed by atoms with E-state index in [9.17, 15) is 14.4 Å². The summed E-state index contributed by atoms with van der Waals surface area (Å²) in [5.74, 6) is -0.724. The third kappa shape index (κ3) is 5.29. The standard InChI is InChI=1S/C18H22N4O6/c1-10-13(18(25)22-20-10)5-6-16(24)21-19-9-12-7-14(26-3)17(28-11(2)23)15(8-12)27-4/h7-9,13H,5-6H2,1-4H3,(H,21,24)(H,22,25)/b19-9-/t13-/m1/s1. The van der Waals surface area contributed by atoms with Crippen LogP contribution in [0.2, 0.25) is 0 Å². The van der Waals surface area contributed by atoms with Crippen LogP contribution in [0.5, 0.6) is 17.2 Å². The molecule has 10 nitrogen and oxygen atoms in total. The van der Waals surface area contributed by atoms with E-state index >= 15 is 0 Å². The molecule has 1 aromatic rings. The fourth-order valence-corrected chi connectivity index (χ4v) is 2.56. The van der Waals surface area contributed by atoms with Gasteiger partial charge in [-0.1, -0.05) is 0 Å². The van der Waals surface area contributed by atoms with E-state index in [-0.39, 0.29) is 35.5 Å². The third-order valence-corrected chi connectivity index (χ3v) is 3.95. The van der Waals surface area contributed by atoms with Gasteiger partial charge in [-0.05, 0) is 25.5 Å². The number of ether oxygens (including phenoxy) is 3. The highest BCUT2D eigenvalue weighted by Crippen LogP contribution is 2.38. The van der Waals surface area contributed by atoms with E-state index in [0.29, 0.717) is 17.7 Å². The monoisotopic (exact) mass is 390 g/mol. The largest absolute Gasteiger partial charge is 0.493 e.